The van der Waals surface area contributed by atoms with E-state index >= 15 is 0 Å². The van der Waals surface area contributed by atoms with E-state index in [0.29, 0.717) is 17.7 Å². The molecule has 0 saturated carbocycles. The standard InChI is InChI=1S/C20H23FN2O3/c21-16-8-6-15(7-9-16)18(13-17-5-4-12-26-17)20(25)22-14-19(24)23-10-2-1-3-11-23/h4-9,12,18H,1-3,10-11,13-14H2,(H,22,25). The topological polar surface area (TPSA) is 62.6 Å². The lowest BCUT2D eigenvalue weighted by molar-refractivity contribution is -0.133. The summed E-state index contributed by atoms with van der Waals surface area (Å²) in [6.07, 6.45) is 5.07. The highest BCUT2D eigenvalue weighted by Gasteiger charge is 2.24. The molecule has 1 saturated heterocycles. The minimum atomic E-state index is -0.545. The second kappa shape index (κ2) is 8.65. The molecule has 3 rings (SSSR count). The SMILES string of the molecule is O=C(NCC(=O)N1CCCCC1)C(Cc1ccco1)c1ccc(F)cc1. The number of hydrogen-bond acceptors (Lipinski definition) is 3. The highest BCUT2D eigenvalue weighted by molar-refractivity contribution is 5.88. The number of carbonyl (C=O) groups is 2. The zero-order chi connectivity index (χ0) is 18.4. The van der Waals surface area contributed by atoms with E-state index in [1.165, 1.54) is 12.1 Å². The molecule has 2 heterocycles. The van der Waals surface area contributed by atoms with Crippen molar-refractivity contribution in [1.82, 2.24) is 10.2 Å². The van der Waals surface area contributed by atoms with Crippen LogP contribution in [0.25, 0.3) is 0 Å². The molecule has 1 aromatic carbocycles. The molecular formula is C20H23FN2O3. The van der Waals surface area contributed by atoms with E-state index in [4.69, 9.17) is 4.42 Å². The number of amides is 2. The number of furan rings is 1. The van der Waals surface area contributed by atoms with E-state index < -0.39 is 5.92 Å². The molecule has 2 aromatic rings. The number of halogens is 1. The molecule has 26 heavy (non-hydrogen) atoms. The Morgan fingerprint density at radius 1 is 1.12 bits per heavy atom. The first kappa shape index (κ1) is 18.2. The van der Waals surface area contributed by atoms with E-state index in [1.54, 1.807) is 35.4 Å². The van der Waals surface area contributed by atoms with Crippen LogP contribution >= 0.6 is 0 Å². The van der Waals surface area contributed by atoms with E-state index in [2.05, 4.69) is 5.32 Å². The molecule has 138 valence electrons. The molecular weight excluding hydrogens is 335 g/mol. The van der Waals surface area contributed by atoms with Crippen molar-refractivity contribution in [2.75, 3.05) is 19.6 Å². The number of carbonyl (C=O) groups excluding carboxylic acids is 2. The lowest BCUT2D eigenvalue weighted by Gasteiger charge is -2.27. The maximum Gasteiger partial charge on any atom is 0.241 e. The second-order valence-electron chi connectivity index (χ2n) is 6.55. The zero-order valence-corrected chi connectivity index (χ0v) is 14.6. The van der Waals surface area contributed by atoms with Crippen LogP contribution in [0.3, 0.4) is 0 Å². The molecule has 0 bridgehead atoms. The highest BCUT2D eigenvalue weighted by Crippen LogP contribution is 2.22. The summed E-state index contributed by atoms with van der Waals surface area (Å²) in [6.45, 7) is 1.49. The van der Waals surface area contributed by atoms with Gasteiger partial charge in [0.25, 0.3) is 0 Å². The van der Waals surface area contributed by atoms with Gasteiger partial charge in [0, 0.05) is 19.5 Å². The Bertz CT molecular complexity index is 722. The van der Waals surface area contributed by atoms with Gasteiger partial charge in [-0.2, -0.15) is 0 Å². The summed E-state index contributed by atoms with van der Waals surface area (Å²) in [4.78, 5) is 26.8. The van der Waals surface area contributed by atoms with Crippen molar-refractivity contribution in [3.05, 3.63) is 59.8 Å². The summed E-state index contributed by atoms with van der Waals surface area (Å²) in [5.74, 6) is -0.564. The van der Waals surface area contributed by atoms with Gasteiger partial charge >= 0.3 is 0 Å². The number of piperidine rings is 1. The van der Waals surface area contributed by atoms with Crippen LogP contribution in [0, 0.1) is 5.82 Å². The molecule has 1 aliphatic rings. The van der Waals surface area contributed by atoms with Gasteiger partial charge in [-0.3, -0.25) is 9.59 Å². The first-order chi connectivity index (χ1) is 12.6. The largest absolute Gasteiger partial charge is 0.469 e. The van der Waals surface area contributed by atoms with E-state index in [0.717, 1.165) is 32.4 Å². The van der Waals surface area contributed by atoms with Crippen LogP contribution in [0.4, 0.5) is 4.39 Å². The average Bonchev–Trinajstić information content (AvgIpc) is 3.19. The van der Waals surface area contributed by atoms with Crippen molar-refractivity contribution >= 4 is 11.8 Å². The van der Waals surface area contributed by atoms with Crippen molar-refractivity contribution in [3.8, 4) is 0 Å². The number of hydrogen-bond donors (Lipinski definition) is 1. The van der Waals surface area contributed by atoms with Gasteiger partial charge in [0.05, 0.1) is 18.7 Å². The van der Waals surface area contributed by atoms with Crippen LogP contribution in [-0.4, -0.2) is 36.3 Å². The van der Waals surface area contributed by atoms with Gasteiger partial charge < -0.3 is 14.6 Å². The van der Waals surface area contributed by atoms with Gasteiger partial charge in [-0.25, -0.2) is 4.39 Å². The minimum Gasteiger partial charge on any atom is -0.469 e. The molecule has 1 atom stereocenters. The Hall–Kier alpha value is -2.63. The average molecular weight is 358 g/mol. The number of nitrogens with one attached hydrogen (secondary N) is 1. The lowest BCUT2D eigenvalue weighted by Crippen LogP contribution is -2.43. The summed E-state index contributed by atoms with van der Waals surface area (Å²) in [6, 6.07) is 9.40. The third kappa shape index (κ3) is 4.71. The maximum absolute atomic E-state index is 13.2. The third-order valence-corrected chi connectivity index (χ3v) is 4.70. The molecule has 1 aliphatic heterocycles. The van der Waals surface area contributed by atoms with Gasteiger partial charge in [-0.1, -0.05) is 12.1 Å². The van der Waals surface area contributed by atoms with E-state index in [1.807, 2.05) is 0 Å². The molecule has 1 N–H and O–H groups in total. The molecule has 1 unspecified atom stereocenters. The summed E-state index contributed by atoms with van der Waals surface area (Å²) in [5.41, 5.74) is 0.686. The smallest absolute Gasteiger partial charge is 0.241 e. The minimum absolute atomic E-state index is 0.0192. The quantitative estimate of drug-likeness (QED) is 0.864. The monoisotopic (exact) mass is 358 g/mol. The lowest BCUT2D eigenvalue weighted by atomic mass is 9.93. The molecule has 1 aromatic heterocycles. The Morgan fingerprint density at radius 3 is 2.50 bits per heavy atom. The summed E-state index contributed by atoms with van der Waals surface area (Å²) >= 11 is 0. The van der Waals surface area contributed by atoms with E-state index in [-0.39, 0.29) is 24.2 Å². The van der Waals surface area contributed by atoms with Gasteiger partial charge in [-0.15, -0.1) is 0 Å². The van der Waals surface area contributed by atoms with Crippen molar-refractivity contribution in [1.29, 1.82) is 0 Å². The van der Waals surface area contributed by atoms with Gasteiger partial charge in [0.15, 0.2) is 0 Å². The fourth-order valence-electron chi connectivity index (χ4n) is 3.23. The maximum atomic E-state index is 13.2. The summed E-state index contributed by atoms with van der Waals surface area (Å²) in [7, 11) is 0. The van der Waals surface area contributed by atoms with Crippen LogP contribution in [0.5, 0.6) is 0 Å². The highest BCUT2D eigenvalue weighted by atomic mass is 19.1. The van der Waals surface area contributed by atoms with Crippen molar-refractivity contribution in [3.63, 3.8) is 0 Å². The number of nitrogens with zero attached hydrogens (tertiary/aromatic N) is 1. The van der Waals surface area contributed by atoms with Crippen LogP contribution in [0.15, 0.2) is 47.1 Å². The Labute approximate surface area is 152 Å². The van der Waals surface area contributed by atoms with Gasteiger partial charge in [0.2, 0.25) is 11.8 Å². The van der Waals surface area contributed by atoms with Crippen molar-refractivity contribution < 1.29 is 18.4 Å². The van der Waals surface area contributed by atoms with E-state index in [9.17, 15) is 14.0 Å². The van der Waals surface area contributed by atoms with Gasteiger partial charge in [0.1, 0.15) is 11.6 Å². The number of benzene rings is 1. The third-order valence-electron chi connectivity index (χ3n) is 4.70. The predicted molar refractivity (Wildman–Crippen MR) is 95.0 cm³/mol. The second-order valence-corrected chi connectivity index (χ2v) is 6.55. The molecule has 5 nitrogen and oxygen atoms in total. The molecule has 0 aliphatic carbocycles. The molecule has 1 fully saturated rings. The van der Waals surface area contributed by atoms with Crippen LogP contribution in [0.2, 0.25) is 0 Å². The number of likely N-dealkylation sites (tertiary alicyclic amines) is 1. The Balaban J connectivity index is 1.66. The molecule has 0 spiro atoms. The first-order valence-electron chi connectivity index (χ1n) is 8.97. The Morgan fingerprint density at radius 2 is 1.85 bits per heavy atom. The summed E-state index contributed by atoms with van der Waals surface area (Å²) < 4.78 is 18.6. The van der Waals surface area contributed by atoms with Crippen molar-refractivity contribution in [2.45, 2.75) is 31.6 Å². The van der Waals surface area contributed by atoms with Crippen molar-refractivity contribution in [2.24, 2.45) is 0 Å². The Kier molecular flexibility index (Phi) is 6.04. The fraction of sp³-hybridized carbons (Fsp3) is 0.400. The fourth-order valence-corrected chi connectivity index (χ4v) is 3.23. The number of rotatable bonds is 6. The summed E-state index contributed by atoms with van der Waals surface area (Å²) in [5, 5.41) is 2.74. The first-order valence-corrected chi connectivity index (χ1v) is 8.97. The van der Waals surface area contributed by atoms with Crippen LogP contribution < -0.4 is 5.32 Å². The van der Waals surface area contributed by atoms with Crippen LogP contribution in [0.1, 0.15) is 36.5 Å². The molecule has 6 heteroatoms. The van der Waals surface area contributed by atoms with Gasteiger partial charge in [-0.05, 0) is 49.1 Å². The molecule has 2 amide bonds. The van der Waals surface area contributed by atoms with Crippen LogP contribution in [-0.2, 0) is 16.0 Å². The predicted octanol–water partition coefficient (Wildman–Crippen LogP) is 2.87. The normalized spacial score (nSPS) is 15.5. The zero-order valence-electron chi connectivity index (χ0n) is 14.6. The molecule has 0 radical (unpaired) electrons.